The van der Waals surface area contributed by atoms with Crippen LogP contribution in [0.25, 0.3) is 0 Å². The summed E-state index contributed by atoms with van der Waals surface area (Å²) in [6.45, 7) is 4.22. The summed E-state index contributed by atoms with van der Waals surface area (Å²) in [5.41, 5.74) is 0. The van der Waals surface area contributed by atoms with E-state index in [1.165, 1.54) is 37.3 Å². The van der Waals surface area contributed by atoms with Crippen LogP contribution in [0.2, 0.25) is 0 Å². The third kappa shape index (κ3) is 2.56. The zero-order chi connectivity index (χ0) is 14.9. The maximum Gasteiger partial charge on any atom is 0.147 e. The molecular formula is C16H24N6. The minimum absolute atomic E-state index is 0.548. The van der Waals surface area contributed by atoms with Crippen molar-refractivity contribution >= 4 is 0 Å². The van der Waals surface area contributed by atoms with Gasteiger partial charge in [-0.2, -0.15) is 0 Å². The maximum absolute atomic E-state index is 4.52. The van der Waals surface area contributed by atoms with E-state index in [0.29, 0.717) is 5.92 Å². The van der Waals surface area contributed by atoms with E-state index in [9.17, 15) is 0 Å². The Labute approximate surface area is 131 Å². The Balaban J connectivity index is 1.45. The van der Waals surface area contributed by atoms with E-state index in [2.05, 4.69) is 36.3 Å². The number of aromatic nitrogens is 5. The lowest BCUT2D eigenvalue weighted by Crippen LogP contribution is -2.23. The lowest BCUT2D eigenvalue weighted by molar-refractivity contribution is 0.309. The van der Waals surface area contributed by atoms with Crippen LogP contribution in [-0.2, 0) is 26.6 Å². The number of likely N-dealkylation sites (tertiary alicyclic amines) is 1. The van der Waals surface area contributed by atoms with E-state index in [0.717, 1.165) is 38.4 Å². The lowest BCUT2D eigenvalue weighted by atomic mass is 10.1. The largest absolute Gasteiger partial charge is 0.338 e. The molecule has 118 valence electrons. The van der Waals surface area contributed by atoms with E-state index in [4.69, 9.17) is 0 Å². The summed E-state index contributed by atoms with van der Waals surface area (Å²) in [4.78, 5) is 7.02. The third-order valence-electron chi connectivity index (χ3n) is 5.05. The summed E-state index contributed by atoms with van der Waals surface area (Å²) in [6, 6.07) is 0. The van der Waals surface area contributed by atoms with Gasteiger partial charge < -0.3 is 9.13 Å². The maximum atomic E-state index is 4.52. The molecule has 1 unspecified atom stereocenters. The summed E-state index contributed by atoms with van der Waals surface area (Å²) >= 11 is 0. The number of nitrogens with zero attached hydrogens (tertiary/aromatic N) is 6. The number of hydrogen-bond donors (Lipinski definition) is 0. The molecule has 1 atom stereocenters. The van der Waals surface area contributed by atoms with Gasteiger partial charge >= 0.3 is 0 Å². The smallest absolute Gasteiger partial charge is 0.147 e. The molecule has 0 bridgehead atoms. The molecule has 6 nitrogen and oxygen atoms in total. The van der Waals surface area contributed by atoms with E-state index in [1.54, 1.807) is 0 Å². The molecule has 1 fully saturated rings. The van der Waals surface area contributed by atoms with Gasteiger partial charge in [0.2, 0.25) is 0 Å². The van der Waals surface area contributed by atoms with Gasteiger partial charge in [-0.15, -0.1) is 10.2 Å². The van der Waals surface area contributed by atoms with Crippen molar-refractivity contribution in [2.75, 3.05) is 13.1 Å². The van der Waals surface area contributed by atoms with Crippen LogP contribution in [0.4, 0.5) is 0 Å². The third-order valence-corrected chi connectivity index (χ3v) is 5.05. The van der Waals surface area contributed by atoms with Crippen molar-refractivity contribution < 1.29 is 0 Å². The fourth-order valence-corrected chi connectivity index (χ4v) is 3.82. The predicted molar refractivity (Wildman–Crippen MR) is 83.4 cm³/mol. The highest BCUT2D eigenvalue weighted by Crippen LogP contribution is 2.27. The predicted octanol–water partition coefficient (Wildman–Crippen LogP) is 1.73. The van der Waals surface area contributed by atoms with E-state index in [1.807, 2.05) is 12.4 Å². The first kappa shape index (κ1) is 13.9. The van der Waals surface area contributed by atoms with Gasteiger partial charge in [-0.05, 0) is 25.8 Å². The molecule has 0 radical (unpaired) electrons. The van der Waals surface area contributed by atoms with Crippen molar-refractivity contribution in [1.82, 2.24) is 29.2 Å². The Bertz CT molecular complexity index is 643. The number of imidazole rings is 1. The molecule has 2 aromatic heterocycles. The molecule has 2 aliphatic rings. The molecule has 22 heavy (non-hydrogen) atoms. The van der Waals surface area contributed by atoms with Gasteiger partial charge in [0, 0.05) is 44.9 Å². The molecule has 4 rings (SSSR count). The molecule has 0 spiro atoms. The highest BCUT2D eigenvalue weighted by atomic mass is 15.3. The van der Waals surface area contributed by atoms with Crippen molar-refractivity contribution in [3.05, 3.63) is 29.9 Å². The number of rotatable bonds is 3. The normalized spacial score (nSPS) is 22.7. The van der Waals surface area contributed by atoms with Gasteiger partial charge in [-0.1, -0.05) is 6.42 Å². The van der Waals surface area contributed by atoms with Crippen LogP contribution >= 0.6 is 0 Å². The van der Waals surface area contributed by atoms with Gasteiger partial charge in [0.25, 0.3) is 0 Å². The highest BCUT2D eigenvalue weighted by molar-refractivity contribution is 5.05. The molecule has 1 saturated heterocycles. The Morgan fingerprint density at radius 1 is 1.18 bits per heavy atom. The first-order chi connectivity index (χ1) is 10.8. The summed E-state index contributed by atoms with van der Waals surface area (Å²) in [6.07, 6.45) is 10.0. The first-order valence-electron chi connectivity index (χ1n) is 8.42. The van der Waals surface area contributed by atoms with Crippen LogP contribution in [0.3, 0.4) is 0 Å². The lowest BCUT2D eigenvalue weighted by Gasteiger charge is -2.16. The van der Waals surface area contributed by atoms with Crippen molar-refractivity contribution in [2.45, 2.75) is 51.1 Å². The zero-order valence-corrected chi connectivity index (χ0v) is 13.3. The second-order valence-electron chi connectivity index (χ2n) is 6.61. The molecule has 0 aromatic carbocycles. The Kier molecular flexibility index (Phi) is 3.70. The number of hydrogen-bond acceptors (Lipinski definition) is 4. The SMILES string of the molecule is Cn1ccnc1C1CCN(Cc2nnc3n2CCCCC3)C1. The highest BCUT2D eigenvalue weighted by Gasteiger charge is 2.28. The molecule has 2 aliphatic heterocycles. The number of aryl methyl sites for hydroxylation is 2. The Hall–Kier alpha value is -1.69. The van der Waals surface area contributed by atoms with Crippen molar-refractivity contribution in [3.63, 3.8) is 0 Å². The van der Waals surface area contributed by atoms with E-state index >= 15 is 0 Å². The molecule has 2 aromatic rings. The molecule has 6 heteroatoms. The molecule has 0 saturated carbocycles. The molecule has 0 aliphatic carbocycles. The van der Waals surface area contributed by atoms with Crippen LogP contribution < -0.4 is 0 Å². The molecule has 0 amide bonds. The van der Waals surface area contributed by atoms with Crippen molar-refractivity contribution in [3.8, 4) is 0 Å². The van der Waals surface area contributed by atoms with Gasteiger partial charge in [-0.3, -0.25) is 4.90 Å². The van der Waals surface area contributed by atoms with E-state index in [-0.39, 0.29) is 0 Å². The first-order valence-corrected chi connectivity index (χ1v) is 8.42. The topological polar surface area (TPSA) is 51.8 Å². The van der Waals surface area contributed by atoms with Crippen LogP contribution in [0.5, 0.6) is 0 Å². The molecule has 4 heterocycles. The minimum Gasteiger partial charge on any atom is -0.338 e. The Morgan fingerprint density at radius 2 is 2.14 bits per heavy atom. The van der Waals surface area contributed by atoms with Gasteiger partial charge in [0.1, 0.15) is 17.5 Å². The Morgan fingerprint density at radius 3 is 3.00 bits per heavy atom. The number of fused-ring (bicyclic) bond motifs is 1. The second-order valence-corrected chi connectivity index (χ2v) is 6.61. The fraction of sp³-hybridized carbons (Fsp3) is 0.688. The average molecular weight is 300 g/mol. The minimum atomic E-state index is 0.548. The summed E-state index contributed by atoms with van der Waals surface area (Å²) in [5.74, 6) is 4.10. The van der Waals surface area contributed by atoms with Crippen LogP contribution in [0, 0.1) is 0 Å². The fourth-order valence-electron chi connectivity index (χ4n) is 3.82. The van der Waals surface area contributed by atoms with Crippen LogP contribution in [0.1, 0.15) is 49.1 Å². The van der Waals surface area contributed by atoms with Crippen molar-refractivity contribution in [1.29, 1.82) is 0 Å². The van der Waals surface area contributed by atoms with Crippen molar-refractivity contribution in [2.24, 2.45) is 7.05 Å². The van der Waals surface area contributed by atoms with Gasteiger partial charge in [0.15, 0.2) is 0 Å². The van der Waals surface area contributed by atoms with E-state index < -0.39 is 0 Å². The van der Waals surface area contributed by atoms with Crippen LogP contribution in [-0.4, -0.2) is 42.3 Å². The monoisotopic (exact) mass is 300 g/mol. The molecule has 0 N–H and O–H groups in total. The zero-order valence-electron chi connectivity index (χ0n) is 13.3. The van der Waals surface area contributed by atoms with Gasteiger partial charge in [-0.25, -0.2) is 4.98 Å². The standard InChI is InChI=1S/C16H24N6/c1-20-10-7-17-16(20)13-6-9-21(11-13)12-15-19-18-14-5-3-2-4-8-22(14)15/h7,10,13H,2-6,8-9,11-12H2,1H3. The molecular weight excluding hydrogens is 276 g/mol. The summed E-state index contributed by atoms with van der Waals surface area (Å²) < 4.78 is 4.51. The summed E-state index contributed by atoms with van der Waals surface area (Å²) in [5, 5.41) is 8.87. The average Bonchev–Trinajstić information content (AvgIpc) is 3.18. The van der Waals surface area contributed by atoms with Crippen LogP contribution in [0.15, 0.2) is 12.4 Å². The second kappa shape index (κ2) is 5.83. The summed E-state index contributed by atoms with van der Waals surface area (Å²) in [7, 11) is 2.09. The van der Waals surface area contributed by atoms with Gasteiger partial charge in [0.05, 0.1) is 6.54 Å². The quantitative estimate of drug-likeness (QED) is 0.866.